The second-order valence-corrected chi connectivity index (χ2v) is 10.6. The van der Waals surface area contributed by atoms with Gasteiger partial charge in [0, 0.05) is 32.3 Å². The number of hydrogen-bond acceptors (Lipinski definition) is 5. The number of thiophene rings is 1. The van der Waals surface area contributed by atoms with Gasteiger partial charge >= 0.3 is 0 Å². The number of thiocarbonyl (C=S) groups is 1. The van der Waals surface area contributed by atoms with Crippen molar-refractivity contribution in [2.75, 3.05) is 15.9 Å². The molecule has 6 nitrogen and oxygen atoms in total. The summed E-state index contributed by atoms with van der Waals surface area (Å²) in [4.78, 5) is 7.72. The summed E-state index contributed by atoms with van der Waals surface area (Å²) in [5.74, 6) is 0. The summed E-state index contributed by atoms with van der Waals surface area (Å²) in [7, 11) is -3.33. The van der Waals surface area contributed by atoms with E-state index < -0.39 is 10.0 Å². The maximum Gasteiger partial charge on any atom is 0.229 e. The zero-order valence-electron chi connectivity index (χ0n) is 15.2. The number of halogens is 1. The average molecular weight is 509 g/mol. The molecule has 1 aliphatic rings. The Bertz CT molecular complexity index is 1130. The summed E-state index contributed by atoms with van der Waals surface area (Å²) >= 11 is 10.9. The quantitative estimate of drug-likeness (QED) is 0.495. The van der Waals surface area contributed by atoms with Gasteiger partial charge in [0.05, 0.1) is 24.0 Å². The van der Waals surface area contributed by atoms with Gasteiger partial charge in [0.2, 0.25) is 10.0 Å². The minimum atomic E-state index is -3.33. The molecular weight excluding hydrogens is 492 g/mol. The average Bonchev–Trinajstić information content (AvgIpc) is 3.25. The maximum absolute atomic E-state index is 11.5. The first-order valence-electron chi connectivity index (χ1n) is 8.64. The summed E-state index contributed by atoms with van der Waals surface area (Å²) in [6.45, 7) is 0. The first-order valence-corrected chi connectivity index (χ1v) is 12.6. The van der Waals surface area contributed by atoms with Crippen LogP contribution >= 0.6 is 39.5 Å². The first kappa shape index (κ1) is 20.3. The first-order chi connectivity index (χ1) is 13.8. The Balaban J connectivity index is 1.73. The summed E-state index contributed by atoms with van der Waals surface area (Å²) in [5, 5.41) is 6.05. The molecule has 0 spiro atoms. The van der Waals surface area contributed by atoms with E-state index >= 15 is 0 Å². The van der Waals surface area contributed by atoms with Gasteiger partial charge in [-0.05, 0) is 70.6 Å². The van der Waals surface area contributed by atoms with E-state index in [1.165, 1.54) is 0 Å². The van der Waals surface area contributed by atoms with Crippen LogP contribution in [0.4, 0.5) is 11.4 Å². The van der Waals surface area contributed by atoms with E-state index in [0.29, 0.717) is 10.8 Å². The van der Waals surface area contributed by atoms with Crippen molar-refractivity contribution in [3.63, 3.8) is 0 Å². The maximum atomic E-state index is 11.5. The fourth-order valence-corrected chi connectivity index (χ4v) is 5.79. The monoisotopic (exact) mass is 508 g/mol. The van der Waals surface area contributed by atoms with Crippen molar-refractivity contribution in [2.45, 2.75) is 12.1 Å². The van der Waals surface area contributed by atoms with Crippen molar-refractivity contribution in [1.29, 1.82) is 0 Å². The fourth-order valence-electron chi connectivity index (χ4n) is 3.31. The van der Waals surface area contributed by atoms with Gasteiger partial charge in [0.1, 0.15) is 0 Å². The van der Waals surface area contributed by atoms with Crippen LogP contribution in [0.15, 0.2) is 64.6 Å². The van der Waals surface area contributed by atoms with Gasteiger partial charge in [-0.25, -0.2) is 8.42 Å². The van der Waals surface area contributed by atoms with Gasteiger partial charge in [-0.3, -0.25) is 9.71 Å². The Kier molecular flexibility index (Phi) is 5.60. The van der Waals surface area contributed by atoms with Crippen LogP contribution in [-0.4, -0.2) is 24.8 Å². The molecule has 1 aromatic carbocycles. The van der Waals surface area contributed by atoms with Crippen LogP contribution in [-0.2, 0) is 10.0 Å². The number of nitrogens with zero attached hydrogens (tertiary/aromatic N) is 2. The molecule has 1 fully saturated rings. The number of aromatic nitrogens is 1. The fraction of sp³-hybridized carbons (Fsp3) is 0.158. The molecule has 2 atom stereocenters. The zero-order valence-corrected chi connectivity index (χ0v) is 19.3. The van der Waals surface area contributed by atoms with E-state index in [0.717, 1.165) is 27.0 Å². The van der Waals surface area contributed by atoms with Crippen molar-refractivity contribution in [2.24, 2.45) is 0 Å². The molecule has 0 amide bonds. The molecule has 3 heterocycles. The molecule has 1 aliphatic heterocycles. The molecule has 4 rings (SSSR count). The van der Waals surface area contributed by atoms with E-state index in [9.17, 15) is 8.42 Å². The highest BCUT2D eigenvalue weighted by Gasteiger charge is 2.41. The van der Waals surface area contributed by atoms with Crippen LogP contribution in [0.1, 0.15) is 22.7 Å². The predicted octanol–water partition coefficient (Wildman–Crippen LogP) is 4.45. The molecule has 0 unspecified atom stereocenters. The van der Waals surface area contributed by atoms with Crippen molar-refractivity contribution in [3.8, 4) is 0 Å². The highest BCUT2D eigenvalue weighted by molar-refractivity contribution is 9.10. The number of pyridine rings is 1. The lowest BCUT2D eigenvalue weighted by Crippen LogP contribution is -2.29. The molecular formula is C19H17BrN4O2S3. The molecule has 10 heteroatoms. The lowest BCUT2D eigenvalue weighted by Gasteiger charge is -2.27. The summed E-state index contributed by atoms with van der Waals surface area (Å²) in [6, 6.07) is 14.9. The standard InChI is InChI=1S/C19H17BrN4O2S3/c1-29(25,26)23-13-5-7-14(8-6-13)24-18(16-10-12(20)11-28-16)17(22-19(24)27)15-4-2-3-9-21-15/h2-11,17-18,23H,1H3,(H,22,27)/t17-,18+/m1/s1. The van der Waals surface area contributed by atoms with Crippen molar-refractivity contribution < 1.29 is 8.42 Å². The Labute approximate surface area is 187 Å². The Morgan fingerprint density at radius 2 is 2.00 bits per heavy atom. The number of nitrogens with one attached hydrogen (secondary N) is 2. The smallest absolute Gasteiger partial charge is 0.229 e. The Morgan fingerprint density at radius 3 is 2.59 bits per heavy atom. The van der Waals surface area contributed by atoms with E-state index in [-0.39, 0.29) is 12.1 Å². The molecule has 2 aromatic heterocycles. The van der Waals surface area contributed by atoms with Crippen LogP contribution in [0.3, 0.4) is 0 Å². The second kappa shape index (κ2) is 8.02. The van der Waals surface area contributed by atoms with Crippen LogP contribution in [0.25, 0.3) is 0 Å². The van der Waals surface area contributed by atoms with Gasteiger partial charge in [-0.15, -0.1) is 11.3 Å². The molecule has 29 heavy (non-hydrogen) atoms. The van der Waals surface area contributed by atoms with Crippen LogP contribution in [0.5, 0.6) is 0 Å². The predicted molar refractivity (Wildman–Crippen MR) is 125 cm³/mol. The topological polar surface area (TPSA) is 74.3 Å². The normalized spacial score (nSPS) is 19.2. The lowest BCUT2D eigenvalue weighted by atomic mass is 10.0. The van der Waals surface area contributed by atoms with Gasteiger partial charge < -0.3 is 10.2 Å². The number of hydrogen-bond donors (Lipinski definition) is 2. The van der Waals surface area contributed by atoms with Gasteiger partial charge in [-0.1, -0.05) is 6.07 Å². The Hall–Kier alpha value is -2.01. The van der Waals surface area contributed by atoms with E-state index in [1.54, 1.807) is 29.7 Å². The largest absolute Gasteiger partial charge is 0.351 e. The SMILES string of the molecule is CS(=O)(=O)Nc1ccc(N2C(=S)N[C@H](c3ccccn3)[C@@H]2c2cc(Br)cs2)cc1. The third kappa shape index (κ3) is 4.45. The molecule has 1 saturated heterocycles. The number of anilines is 2. The van der Waals surface area contributed by atoms with Crippen LogP contribution in [0.2, 0.25) is 0 Å². The molecule has 0 saturated carbocycles. The van der Waals surface area contributed by atoms with Crippen molar-refractivity contribution in [3.05, 3.63) is 75.2 Å². The summed E-state index contributed by atoms with van der Waals surface area (Å²) in [6.07, 6.45) is 2.90. The van der Waals surface area contributed by atoms with E-state index in [1.807, 2.05) is 35.7 Å². The van der Waals surface area contributed by atoms with E-state index in [2.05, 4.69) is 41.9 Å². The lowest BCUT2D eigenvalue weighted by molar-refractivity contribution is 0.575. The molecule has 0 aliphatic carbocycles. The molecule has 0 radical (unpaired) electrons. The number of benzene rings is 1. The molecule has 0 bridgehead atoms. The highest BCUT2D eigenvalue weighted by Crippen LogP contribution is 2.44. The highest BCUT2D eigenvalue weighted by atomic mass is 79.9. The van der Waals surface area contributed by atoms with Crippen LogP contribution < -0.4 is 14.9 Å². The van der Waals surface area contributed by atoms with Crippen molar-refractivity contribution >= 4 is 66.0 Å². The molecule has 3 aromatic rings. The number of sulfonamides is 1. The zero-order chi connectivity index (χ0) is 20.6. The van der Waals surface area contributed by atoms with Gasteiger partial charge in [-0.2, -0.15) is 0 Å². The van der Waals surface area contributed by atoms with E-state index in [4.69, 9.17) is 12.2 Å². The molecule has 150 valence electrons. The number of rotatable bonds is 5. The minimum absolute atomic E-state index is 0.0811. The second-order valence-electron chi connectivity index (χ2n) is 6.58. The Morgan fingerprint density at radius 1 is 1.24 bits per heavy atom. The van der Waals surface area contributed by atoms with Crippen molar-refractivity contribution in [1.82, 2.24) is 10.3 Å². The third-order valence-electron chi connectivity index (χ3n) is 4.43. The third-order valence-corrected chi connectivity index (χ3v) is 7.11. The van der Waals surface area contributed by atoms with Gasteiger partial charge in [0.15, 0.2) is 5.11 Å². The van der Waals surface area contributed by atoms with Gasteiger partial charge in [0.25, 0.3) is 0 Å². The summed E-state index contributed by atoms with van der Waals surface area (Å²) < 4.78 is 26.4. The molecule has 2 N–H and O–H groups in total. The minimum Gasteiger partial charge on any atom is -0.351 e. The summed E-state index contributed by atoms with van der Waals surface area (Å²) in [5.41, 5.74) is 2.28. The van der Waals surface area contributed by atoms with Crippen LogP contribution in [0, 0.1) is 0 Å².